The number of benzene rings is 1. The first kappa shape index (κ1) is 26.7. The Labute approximate surface area is 208 Å². The second-order valence-corrected chi connectivity index (χ2v) is 9.02. The van der Waals surface area contributed by atoms with E-state index in [0.29, 0.717) is 33.9 Å². The molecule has 0 saturated heterocycles. The molecule has 2 aromatic heterocycles. The number of fused-ring (bicyclic) bond motifs is 1. The van der Waals surface area contributed by atoms with Crippen LogP contribution in [0, 0.1) is 6.92 Å². The Morgan fingerprint density at radius 1 is 1.19 bits per heavy atom. The number of Topliss-reactive ketones (excluding diaryl/α,β-unsaturated/α-hetero) is 1. The molecule has 3 aromatic rings. The maximum atomic E-state index is 13.4. The fourth-order valence-corrected chi connectivity index (χ4v) is 3.65. The number of hydrogen-bond acceptors (Lipinski definition) is 9. The molecule has 1 aromatic carbocycles. The van der Waals surface area contributed by atoms with E-state index in [9.17, 15) is 14.7 Å². The molecular weight excluding hydrogens is 468 g/mol. The minimum Gasteiger partial charge on any atom is -0.493 e. The molecular formula is C24H32N6O6. The fraction of sp³-hybridized carbons (Fsp3) is 0.458. The number of hydrogen-bond donors (Lipinski definition) is 2. The lowest BCUT2D eigenvalue weighted by Crippen LogP contribution is -2.28. The second-order valence-electron chi connectivity index (χ2n) is 9.02. The lowest BCUT2D eigenvalue weighted by molar-refractivity contribution is 0.0965. The van der Waals surface area contributed by atoms with Gasteiger partial charge in [0.15, 0.2) is 22.9 Å². The second kappa shape index (κ2) is 10.8. The third kappa shape index (κ3) is 5.48. The molecule has 0 fully saturated rings. The molecule has 0 spiro atoms. The van der Waals surface area contributed by atoms with E-state index in [1.165, 1.54) is 23.4 Å². The minimum atomic E-state index is -0.659. The van der Waals surface area contributed by atoms with E-state index in [0.717, 1.165) is 5.56 Å². The summed E-state index contributed by atoms with van der Waals surface area (Å²) in [5, 5.41) is 20.4. The van der Waals surface area contributed by atoms with Crippen LogP contribution < -0.4 is 25.1 Å². The van der Waals surface area contributed by atoms with Gasteiger partial charge in [-0.3, -0.25) is 9.79 Å². The molecule has 0 saturated carbocycles. The van der Waals surface area contributed by atoms with Gasteiger partial charge in [0.1, 0.15) is 13.2 Å². The van der Waals surface area contributed by atoms with Crippen LogP contribution in [0.3, 0.4) is 0 Å². The molecule has 2 N–H and O–H groups in total. The molecule has 0 aliphatic heterocycles. The number of aliphatic hydroxyl groups is 1. The zero-order valence-electron chi connectivity index (χ0n) is 21.6. The first-order valence-electron chi connectivity index (χ1n) is 11.3. The van der Waals surface area contributed by atoms with Gasteiger partial charge in [-0.1, -0.05) is 20.8 Å². The van der Waals surface area contributed by atoms with Crippen molar-refractivity contribution in [2.75, 3.05) is 34.4 Å². The highest BCUT2D eigenvalue weighted by molar-refractivity contribution is 5.97. The molecule has 0 aliphatic carbocycles. The van der Waals surface area contributed by atoms with Gasteiger partial charge in [0.05, 0.1) is 13.7 Å². The van der Waals surface area contributed by atoms with Crippen molar-refractivity contribution in [3.05, 3.63) is 40.5 Å². The third-order valence-corrected chi connectivity index (χ3v) is 5.36. The van der Waals surface area contributed by atoms with Crippen LogP contribution in [0.2, 0.25) is 0 Å². The topological polar surface area (TPSA) is 142 Å². The molecule has 0 radical (unpaired) electrons. The van der Waals surface area contributed by atoms with E-state index in [4.69, 9.17) is 14.2 Å². The van der Waals surface area contributed by atoms with E-state index in [-0.39, 0.29) is 36.8 Å². The summed E-state index contributed by atoms with van der Waals surface area (Å²) in [7, 11) is 4.54. The van der Waals surface area contributed by atoms with Crippen molar-refractivity contribution in [1.82, 2.24) is 24.7 Å². The molecule has 12 heteroatoms. The number of nitrogens with one attached hydrogen (secondary N) is 1. The highest BCUT2D eigenvalue weighted by Crippen LogP contribution is 2.39. The number of aryl methyl sites for hydroxylation is 1. The zero-order valence-corrected chi connectivity index (χ0v) is 21.6. The van der Waals surface area contributed by atoms with Gasteiger partial charge < -0.3 is 24.6 Å². The number of carbonyl (C=O) groups is 2. The number of aromatic nitrogens is 4. The highest BCUT2D eigenvalue weighted by atomic mass is 16.6. The van der Waals surface area contributed by atoms with Crippen LogP contribution in [-0.4, -0.2) is 70.8 Å². The molecule has 1 amide bonds. The standard InChI is InChI=1S/C24H32N6O6/c1-14-10-19(36-23(33)26-6)27-30-21(14)28-29(22(30)25-5)13-17(32)15-11-16(24(2,3)4)20(34-7)18(12-15)35-9-8-31/h10-12,31H,8-9,13H2,1-7H3,(H,26,33). The Morgan fingerprint density at radius 3 is 2.50 bits per heavy atom. The van der Waals surface area contributed by atoms with Crippen LogP contribution in [0.25, 0.3) is 5.65 Å². The van der Waals surface area contributed by atoms with Gasteiger partial charge in [0.25, 0.3) is 0 Å². The van der Waals surface area contributed by atoms with Gasteiger partial charge in [0, 0.05) is 36.9 Å². The molecule has 36 heavy (non-hydrogen) atoms. The Balaban J connectivity index is 2.07. The van der Waals surface area contributed by atoms with Gasteiger partial charge in [-0.15, -0.1) is 10.2 Å². The van der Waals surface area contributed by atoms with Crippen molar-refractivity contribution in [3.8, 4) is 17.4 Å². The monoisotopic (exact) mass is 500 g/mol. The molecule has 0 aliphatic rings. The smallest absolute Gasteiger partial charge is 0.413 e. The number of amides is 1. The van der Waals surface area contributed by atoms with Crippen molar-refractivity contribution >= 4 is 17.5 Å². The van der Waals surface area contributed by atoms with Gasteiger partial charge >= 0.3 is 6.09 Å². The predicted molar refractivity (Wildman–Crippen MR) is 131 cm³/mol. The average molecular weight is 501 g/mol. The number of rotatable bonds is 8. The average Bonchev–Trinajstić information content (AvgIpc) is 3.18. The molecule has 2 heterocycles. The van der Waals surface area contributed by atoms with E-state index in [1.54, 1.807) is 32.2 Å². The van der Waals surface area contributed by atoms with E-state index >= 15 is 0 Å². The number of carbonyl (C=O) groups excluding carboxylic acids is 2. The van der Waals surface area contributed by atoms with Crippen LogP contribution in [-0.2, 0) is 12.0 Å². The van der Waals surface area contributed by atoms with Gasteiger partial charge in [0.2, 0.25) is 11.5 Å². The van der Waals surface area contributed by atoms with Crippen molar-refractivity contribution in [1.29, 1.82) is 0 Å². The quantitative estimate of drug-likeness (QED) is 0.445. The number of methoxy groups -OCH3 is 1. The van der Waals surface area contributed by atoms with Crippen LogP contribution in [0.4, 0.5) is 4.79 Å². The summed E-state index contributed by atoms with van der Waals surface area (Å²) in [6, 6.07) is 4.96. The highest BCUT2D eigenvalue weighted by Gasteiger charge is 2.25. The SMILES string of the molecule is CN=c1n(CC(=O)c2cc(OCCO)c(OC)c(C(C)(C)C)c2)nc2c(C)cc(OC(=O)NC)nn12. The molecule has 3 rings (SSSR count). The maximum absolute atomic E-state index is 13.4. The van der Waals surface area contributed by atoms with Crippen LogP contribution in [0.1, 0.15) is 42.3 Å². The van der Waals surface area contributed by atoms with Gasteiger partial charge in [-0.25, -0.2) is 9.48 Å². The van der Waals surface area contributed by atoms with Crippen LogP contribution in [0.5, 0.6) is 17.4 Å². The fourth-order valence-electron chi connectivity index (χ4n) is 3.65. The first-order chi connectivity index (χ1) is 17.0. The Bertz CT molecular complexity index is 1350. The summed E-state index contributed by atoms with van der Waals surface area (Å²) in [6.07, 6.45) is -0.659. The normalized spacial score (nSPS) is 12.1. The van der Waals surface area contributed by atoms with Crippen molar-refractivity contribution < 1.29 is 28.9 Å². The number of nitrogens with zero attached hydrogens (tertiary/aromatic N) is 5. The third-order valence-electron chi connectivity index (χ3n) is 5.36. The molecule has 0 unspecified atom stereocenters. The lowest BCUT2D eigenvalue weighted by atomic mass is 9.84. The summed E-state index contributed by atoms with van der Waals surface area (Å²) < 4.78 is 19.3. The summed E-state index contributed by atoms with van der Waals surface area (Å²) in [5.41, 5.74) is 2.28. The lowest BCUT2D eigenvalue weighted by Gasteiger charge is -2.25. The van der Waals surface area contributed by atoms with Crippen LogP contribution >= 0.6 is 0 Å². The number of aliphatic hydroxyl groups excluding tert-OH is 1. The first-order valence-corrected chi connectivity index (χ1v) is 11.3. The molecule has 0 atom stereocenters. The molecule has 12 nitrogen and oxygen atoms in total. The predicted octanol–water partition coefficient (Wildman–Crippen LogP) is 1.65. The largest absolute Gasteiger partial charge is 0.493 e. The number of ether oxygens (including phenoxy) is 3. The Kier molecular flexibility index (Phi) is 7.98. The van der Waals surface area contributed by atoms with E-state index < -0.39 is 6.09 Å². The Morgan fingerprint density at radius 2 is 1.92 bits per heavy atom. The van der Waals surface area contributed by atoms with Gasteiger partial charge in [-0.05, 0) is 24.5 Å². The molecule has 194 valence electrons. The summed E-state index contributed by atoms with van der Waals surface area (Å²) >= 11 is 0. The summed E-state index contributed by atoms with van der Waals surface area (Å²) in [5.74, 6) is 0.711. The summed E-state index contributed by atoms with van der Waals surface area (Å²) in [6.45, 7) is 7.56. The zero-order chi connectivity index (χ0) is 26.6. The van der Waals surface area contributed by atoms with E-state index in [1.807, 2.05) is 20.8 Å². The minimum absolute atomic E-state index is 0.0586. The van der Waals surface area contributed by atoms with Crippen LogP contribution in [0.15, 0.2) is 23.2 Å². The van der Waals surface area contributed by atoms with Gasteiger partial charge in [-0.2, -0.15) is 4.52 Å². The summed E-state index contributed by atoms with van der Waals surface area (Å²) in [4.78, 5) is 29.3. The van der Waals surface area contributed by atoms with Crippen molar-refractivity contribution in [3.63, 3.8) is 0 Å². The van der Waals surface area contributed by atoms with Crippen molar-refractivity contribution in [2.24, 2.45) is 4.99 Å². The van der Waals surface area contributed by atoms with Crippen molar-refractivity contribution in [2.45, 2.75) is 39.7 Å². The number of ketones is 1. The Hall–Kier alpha value is -3.93. The maximum Gasteiger partial charge on any atom is 0.413 e. The van der Waals surface area contributed by atoms with E-state index in [2.05, 4.69) is 20.5 Å². The molecule has 0 bridgehead atoms.